The zero-order valence-electron chi connectivity index (χ0n) is 8.66. The molecule has 1 saturated heterocycles. The Morgan fingerprint density at radius 1 is 1.60 bits per heavy atom. The molecule has 0 bridgehead atoms. The maximum atomic E-state index is 11.3. The van der Waals surface area contributed by atoms with Crippen molar-refractivity contribution >= 4 is 5.91 Å². The highest BCUT2D eigenvalue weighted by Crippen LogP contribution is 2.07. The standard InChI is InChI=1S/C11H16N2O2/c14-11-7-9(3-1-5-12-11)13-8-10-4-2-6-15-10/h2,4,6,9,13H,1,3,5,7-8H2,(H,12,14). The van der Waals surface area contributed by atoms with Crippen LogP contribution in [0.3, 0.4) is 0 Å². The van der Waals surface area contributed by atoms with Crippen LogP contribution in [0.5, 0.6) is 0 Å². The van der Waals surface area contributed by atoms with Crippen molar-refractivity contribution in [2.24, 2.45) is 0 Å². The van der Waals surface area contributed by atoms with E-state index < -0.39 is 0 Å². The number of furan rings is 1. The Labute approximate surface area is 89.0 Å². The number of carbonyl (C=O) groups is 1. The molecule has 1 amide bonds. The first-order valence-corrected chi connectivity index (χ1v) is 5.37. The molecule has 0 saturated carbocycles. The van der Waals surface area contributed by atoms with Crippen LogP contribution in [0.15, 0.2) is 22.8 Å². The van der Waals surface area contributed by atoms with Crippen LogP contribution < -0.4 is 10.6 Å². The number of rotatable bonds is 3. The molecular weight excluding hydrogens is 192 g/mol. The molecule has 1 fully saturated rings. The van der Waals surface area contributed by atoms with Crippen molar-refractivity contribution in [1.29, 1.82) is 0 Å². The summed E-state index contributed by atoms with van der Waals surface area (Å²) in [6, 6.07) is 4.08. The Morgan fingerprint density at radius 2 is 2.53 bits per heavy atom. The van der Waals surface area contributed by atoms with Crippen LogP contribution in [0.2, 0.25) is 0 Å². The van der Waals surface area contributed by atoms with Crippen molar-refractivity contribution in [2.75, 3.05) is 6.54 Å². The third kappa shape index (κ3) is 3.09. The number of amides is 1. The second-order valence-electron chi connectivity index (χ2n) is 3.85. The molecule has 2 N–H and O–H groups in total. The number of hydrogen-bond donors (Lipinski definition) is 2. The number of nitrogens with one attached hydrogen (secondary N) is 2. The first-order chi connectivity index (χ1) is 7.34. The van der Waals surface area contributed by atoms with Gasteiger partial charge in [-0.1, -0.05) is 0 Å². The van der Waals surface area contributed by atoms with E-state index in [-0.39, 0.29) is 11.9 Å². The van der Waals surface area contributed by atoms with Crippen LogP contribution in [0, 0.1) is 0 Å². The van der Waals surface area contributed by atoms with Crippen molar-refractivity contribution in [3.8, 4) is 0 Å². The molecule has 0 radical (unpaired) electrons. The van der Waals surface area contributed by atoms with Crippen LogP contribution >= 0.6 is 0 Å². The Bertz CT molecular complexity index is 308. The summed E-state index contributed by atoms with van der Waals surface area (Å²) in [5.74, 6) is 1.06. The molecule has 0 aliphatic carbocycles. The van der Waals surface area contributed by atoms with E-state index in [1.807, 2.05) is 12.1 Å². The van der Waals surface area contributed by atoms with Gasteiger partial charge in [-0.3, -0.25) is 4.79 Å². The van der Waals surface area contributed by atoms with Crippen LogP contribution in [0.1, 0.15) is 25.0 Å². The van der Waals surface area contributed by atoms with Crippen LogP contribution in [0.4, 0.5) is 0 Å². The lowest BCUT2D eigenvalue weighted by molar-refractivity contribution is -0.121. The largest absolute Gasteiger partial charge is 0.468 e. The molecule has 0 spiro atoms. The van der Waals surface area contributed by atoms with Gasteiger partial charge in [-0.15, -0.1) is 0 Å². The van der Waals surface area contributed by atoms with E-state index in [1.54, 1.807) is 6.26 Å². The first-order valence-electron chi connectivity index (χ1n) is 5.37. The van der Waals surface area contributed by atoms with Gasteiger partial charge in [0.25, 0.3) is 0 Å². The van der Waals surface area contributed by atoms with Gasteiger partial charge in [0, 0.05) is 19.0 Å². The number of hydrogen-bond acceptors (Lipinski definition) is 3. The molecule has 15 heavy (non-hydrogen) atoms. The summed E-state index contributed by atoms with van der Waals surface area (Å²) in [7, 11) is 0. The van der Waals surface area contributed by atoms with Crippen molar-refractivity contribution in [1.82, 2.24) is 10.6 Å². The van der Waals surface area contributed by atoms with Gasteiger partial charge in [0.2, 0.25) is 5.91 Å². The van der Waals surface area contributed by atoms with Gasteiger partial charge in [-0.25, -0.2) is 0 Å². The predicted octanol–water partition coefficient (Wildman–Crippen LogP) is 1.04. The lowest BCUT2D eigenvalue weighted by Gasteiger charge is -2.13. The molecule has 4 nitrogen and oxygen atoms in total. The normalized spacial score (nSPS) is 22.1. The Balaban J connectivity index is 1.80. The fourth-order valence-electron chi connectivity index (χ4n) is 1.81. The zero-order chi connectivity index (χ0) is 10.5. The number of carbonyl (C=O) groups excluding carboxylic acids is 1. The maximum Gasteiger partial charge on any atom is 0.221 e. The van der Waals surface area contributed by atoms with Crippen LogP contribution in [0.25, 0.3) is 0 Å². The monoisotopic (exact) mass is 208 g/mol. The highest BCUT2D eigenvalue weighted by atomic mass is 16.3. The lowest BCUT2D eigenvalue weighted by Crippen LogP contribution is -2.31. The Hall–Kier alpha value is -1.29. The minimum Gasteiger partial charge on any atom is -0.468 e. The molecule has 1 aliphatic rings. The second-order valence-corrected chi connectivity index (χ2v) is 3.85. The zero-order valence-corrected chi connectivity index (χ0v) is 8.66. The van der Waals surface area contributed by atoms with Gasteiger partial charge in [0.05, 0.1) is 12.8 Å². The fourth-order valence-corrected chi connectivity index (χ4v) is 1.81. The third-order valence-electron chi connectivity index (χ3n) is 2.63. The average molecular weight is 208 g/mol. The summed E-state index contributed by atoms with van der Waals surface area (Å²) in [6.07, 6.45) is 4.32. The van der Waals surface area contributed by atoms with Gasteiger partial charge in [-0.2, -0.15) is 0 Å². The van der Waals surface area contributed by atoms with E-state index in [0.717, 1.165) is 25.1 Å². The Morgan fingerprint density at radius 3 is 3.33 bits per heavy atom. The van der Waals surface area contributed by atoms with Gasteiger partial charge in [0.15, 0.2) is 0 Å². The van der Waals surface area contributed by atoms with E-state index in [4.69, 9.17) is 4.42 Å². The maximum absolute atomic E-state index is 11.3. The molecule has 0 aromatic carbocycles. The van der Waals surface area contributed by atoms with Crippen molar-refractivity contribution < 1.29 is 9.21 Å². The molecule has 2 heterocycles. The molecule has 4 heteroatoms. The first kappa shape index (κ1) is 10.2. The van der Waals surface area contributed by atoms with Gasteiger partial charge in [0.1, 0.15) is 5.76 Å². The lowest BCUT2D eigenvalue weighted by atomic mass is 10.1. The Kier molecular flexibility index (Phi) is 3.40. The van der Waals surface area contributed by atoms with Crippen LogP contribution in [-0.2, 0) is 11.3 Å². The minimum absolute atomic E-state index is 0.143. The average Bonchev–Trinajstić information content (AvgIpc) is 2.65. The topological polar surface area (TPSA) is 54.3 Å². The summed E-state index contributed by atoms with van der Waals surface area (Å²) < 4.78 is 5.22. The van der Waals surface area contributed by atoms with Crippen LogP contribution in [-0.4, -0.2) is 18.5 Å². The molecule has 2 rings (SSSR count). The summed E-state index contributed by atoms with van der Waals surface area (Å²) in [4.78, 5) is 11.3. The van der Waals surface area contributed by atoms with E-state index in [2.05, 4.69) is 10.6 Å². The minimum atomic E-state index is 0.143. The van der Waals surface area contributed by atoms with E-state index in [0.29, 0.717) is 13.0 Å². The smallest absolute Gasteiger partial charge is 0.221 e. The van der Waals surface area contributed by atoms with Crippen molar-refractivity contribution in [2.45, 2.75) is 31.8 Å². The van der Waals surface area contributed by atoms with Gasteiger partial charge < -0.3 is 15.1 Å². The molecule has 1 aromatic heterocycles. The van der Waals surface area contributed by atoms with E-state index >= 15 is 0 Å². The molecular formula is C11H16N2O2. The molecule has 1 atom stereocenters. The third-order valence-corrected chi connectivity index (χ3v) is 2.63. The summed E-state index contributed by atoms with van der Waals surface area (Å²) in [6.45, 7) is 1.50. The second kappa shape index (κ2) is 4.98. The molecule has 82 valence electrons. The van der Waals surface area contributed by atoms with E-state index in [1.165, 1.54) is 0 Å². The van der Waals surface area contributed by atoms with Crippen molar-refractivity contribution in [3.05, 3.63) is 24.2 Å². The van der Waals surface area contributed by atoms with Gasteiger partial charge >= 0.3 is 0 Å². The van der Waals surface area contributed by atoms with Crippen molar-refractivity contribution in [3.63, 3.8) is 0 Å². The summed E-state index contributed by atoms with van der Waals surface area (Å²) in [5, 5.41) is 6.21. The van der Waals surface area contributed by atoms with Gasteiger partial charge in [-0.05, 0) is 25.0 Å². The van der Waals surface area contributed by atoms with E-state index in [9.17, 15) is 4.79 Å². The fraction of sp³-hybridized carbons (Fsp3) is 0.545. The SMILES string of the molecule is O=C1CC(NCc2ccco2)CCCN1. The molecule has 1 aromatic rings. The highest BCUT2D eigenvalue weighted by Gasteiger charge is 2.16. The summed E-state index contributed by atoms with van der Waals surface area (Å²) in [5.41, 5.74) is 0. The highest BCUT2D eigenvalue weighted by molar-refractivity contribution is 5.76. The quantitative estimate of drug-likeness (QED) is 0.780. The molecule has 1 unspecified atom stereocenters. The predicted molar refractivity (Wildman–Crippen MR) is 56.2 cm³/mol. The molecule has 1 aliphatic heterocycles. The summed E-state index contributed by atoms with van der Waals surface area (Å²) >= 11 is 0.